The summed E-state index contributed by atoms with van der Waals surface area (Å²) in [6.45, 7) is 4.58. The Kier molecular flexibility index (Phi) is 36.7. The first kappa shape index (κ1) is 52.6. The number of carbonyl (C=O) groups is 3. The summed E-state index contributed by atoms with van der Waals surface area (Å²) in [5, 5.41) is 9.60. The van der Waals surface area contributed by atoms with Gasteiger partial charge in [0.15, 0.2) is 12.1 Å². The van der Waals surface area contributed by atoms with Crippen molar-refractivity contribution in [1.82, 2.24) is 0 Å². The van der Waals surface area contributed by atoms with E-state index in [0.29, 0.717) is 19.3 Å². The second kappa shape index (κ2) is 38.4. The van der Waals surface area contributed by atoms with Gasteiger partial charge in [-0.3, -0.25) is 9.59 Å². The van der Waals surface area contributed by atoms with Crippen LogP contribution < -0.4 is 0 Å². The molecule has 8 nitrogen and oxygen atoms in total. The number of carboxylic acids is 1. The molecule has 0 saturated carbocycles. The Morgan fingerprint density at radius 3 is 1.55 bits per heavy atom. The van der Waals surface area contributed by atoms with Crippen molar-refractivity contribution in [3.8, 4) is 0 Å². The van der Waals surface area contributed by atoms with E-state index in [1.165, 1.54) is 109 Å². The van der Waals surface area contributed by atoms with Crippen LogP contribution in [0.4, 0.5) is 0 Å². The largest absolute Gasteiger partial charge is 0.477 e. The molecule has 0 amide bonds. The molecule has 55 heavy (non-hydrogen) atoms. The number of likely N-dealkylation sites (N-methyl/N-ethyl adjacent to an activating group) is 1. The Bertz CT molecular complexity index is 1000. The van der Waals surface area contributed by atoms with Crippen LogP contribution in [0.25, 0.3) is 0 Å². The smallest absolute Gasteiger partial charge is 0.362 e. The molecule has 0 radical (unpaired) electrons. The molecular weight excluding hydrogens is 691 g/mol. The van der Waals surface area contributed by atoms with Crippen LogP contribution in [0, 0.1) is 0 Å². The second-order valence-corrected chi connectivity index (χ2v) is 16.3. The number of esters is 2. The monoisotopic (exact) mass is 777 g/mol. The molecule has 0 aliphatic rings. The van der Waals surface area contributed by atoms with E-state index in [1.54, 1.807) is 0 Å². The Balaban J connectivity index is 4.22. The van der Waals surface area contributed by atoms with Crippen molar-refractivity contribution in [2.45, 2.75) is 206 Å². The highest BCUT2D eigenvalue weighted by Crippen LogP contribution is 2.14. The summed E-state index contributed by atoms with van der Waals surface area (Å²) in [7, 11) is 5.51. The van der Waals surface area contributed by atoms with Crippen molar-refractivity contribution in [1.29, 1.82) is 0 Å². The minimum Gasteiger partial charge on any atom is -0.477 e. The van der Waals surface area contributed by atoms with Crippen molar-refractivity contribution in [3.63, 3.8) is 0 Å². The third-order valence-corrected chi connectivity index (χ3v) is 10.0. The van der Waals surface area contributed by atoms with Crippen molar-refractivity contribution >= 4 is 17.9 Å². The molecule has 0 spiro atoms. The van der Waals surface area contributed by atoms with Gasteiger partial charge in [0.25, 0.3) is 0 Å². The predicted octanol–water partition coefficient (Wildman–Crippen LogP) is 12.2. The van der Waals surface area contributed by atoms with Crippen LogP contribution in [0.5, 0.6) is 0 Å². The molecule has 8 heteroatoms. The van der Waals surface area contributed by atoms with Crippen molar-refractivity contribution in [2.75, 3.05) is 41.0 Å². The van der Waals surface area contributed by atoms with Crippen LogP contribution in [0.1, 0.15) is 194 Å². The molecular formula is C47H86NO7+. The van der Waals surface area contributed by atoms with Gasteiger partial charge in [-0.2, -0.15) is 0 Å². The number of carbonyl (C=O) groups excluding carboxylic acids is 2. The summed E-state index contributed by atoms with van der Waals surface area (Å²) in [5.74, 6) is -1.52. The van der Waals surface area contributed by atoms with Gasteiger partial charge in [-0.25, -0.2) is 4.79 Å². The van der Waals surface area contributed by atoms with Gasteiger partial charge in [0.1, 0.15) is 6.61 Å². The van der Waals surface area contributed by atoms with E-state index < -0.39 is 18.1 Å². The number of aliphatic carboxylic acids is 1. The van der Waals surface area contributed by atoms with E-state index in [4.69, 9.17) is 14.2 Å². The van der Waals surface area contributed by atoms with Gasteiger partial charge in [-0.15, -0.1) is 0 Å². The number of hydrogen-bond acceptors (Lipinski definition) is 6. The number of hydrogen-bond donors (Lipinski definition) is 1. The molecule has 320 valence electrons. The third kappa shape index (κ3) is 36.9. The molecule has 0 aromatic carbocycles. The molecule has 0 fully saturated rings. The number of unbranched alkanes of at least 4 members (excludes halogenated alkanes) is 20. The van der Waals surface area contributed by atoms with Crippen LogP contribution in [-0.2, 0) is 28.6 Å². The minimum atomic E-state index is -0.880. The van der Waals surface area contributed by atoms with Crippen LogP contribution in [0.15, 0.2) is 36.5 Å². The van der Waals surface area contributed by atoms with Crippen LogP contribution in [0.2, 0.25) is 0 Å². The third-order valence-electron chi connectivity index (χ3n) is 10.0. The summed E-state index contributed by atoms with van der Waals surface area (Å²) < 4.78 is 17.2. The van der Waals surface area contributed by atoms with Gasteiger partial charge in [0.2, 0.25) is 0 Å². The predicted molar refractivity (Wildman–Crippen MR) is 229 cm³/mol. The molecule has 2 atom stereocenters. The molecule has 0 aliphatic heterocycles. The molecule has 0 aliphatic carbocycles. The SMILES string of the molecule is CC/C=C/C/C=C/CCCCC(=O)OCC(COCCC(C(=O)O)[N+](C)(C)C)OC(=O)CCCCCCCCC/C=C/CCCCCCCCCCCCC. The zero-order valence-electron chi connectivity index (χ0n) is 36.4. The highest BCUT2D eigenvalue weighted by atomic mass is 16.6. The summed E-state index contributed by atoms with van der Waals surface area (Å²) >= 11 is 0. The summed E-state index contributed by atoms with van der Waals surface area (Å²) in [4.78, 5) is 36.8. The Morgan fingerprint density at radius 1 is 0.564 bits per heavy atom. The average Bonchev–Trinajstić information content (AvgIpc) is 3.14. The number of ether oxygens (including phenoxy) is 3. The molecule has 0 aromatic rings. The lowest BCUT2D eigenvalue weighted by Gasteiger charge is -2.31. The highest BCUT2D eigenvalue weighted by Gasteiger charge is 2.31. The topological polar surface area (TPSA) is 99.1 Å². The lowest BCUT2D eigenvalue weighted by atomic mass is 10.0. The van der Waals surface area contributed by atoms with E-state index in [2.05, 4.69) is 50.3 Å². The maximum absolute atomic E-state index is 12.7. The minimum absolute atomic E-state index is 0.0499. The Labute approximate surface area is 338 Å². The molecule has 2 unspecified atom stereocenters. The van der Waals surface area contributed by atoms with E-state index in [1.807, 2.05) is 21.1 Å². The lowest BCUT2D eigenvalue weighted by molar-refractivity contribution is -0.887. The Hall–Kier alpha value is -2.45. The number of nitrogens with zero attached hydrogens (tertiary/aromatic N) is 1. The summed E-state index contributed by atoms with van der Waals surface area (Å²) in [6, 6.07) is -0.618. The molecule has 0 saturated heterocycles. The highest BCUT2D eigenvalue weighted by molar-refractivity contribution is 5.72. The molecule has 1 N–H and O–H groups in total. The molecule has 0 heterocycles. The van der Waals surface area contributed by atoms with Gasteiger partial charge in [-0.05, 0) is 64.2 Å². The number of allylic oxidation sites excluding steroid dienone is 6. The quantitative estimate of drug-likeness (QED) is 0.0286. The normalized spacial score (nSPS) is 13.3. The van der Waals surface area contributed by atoms with Crippen LogP contribution >= 0.6 is 0 Å². The number of rotatable bonds is 40. The summed E-state index contributed by atoms with van der Waals surface area (Å²) in [6.07, 6.45) is 43.6. The van der Waals surface area contributed by atoms with E-state index in [0.717, 1.165) is 51.4 Å². The zero-order valence-corrected chi connectivity index (χ0v) is 36.4. The molecule has 0 rings (SSSR count). The fraction of sp³-hybridized carbons (Fsp3) is 0.809. The van der Waals surface area contributed by atoms with E-state index in [9.17, 15) is 19.5 Å². The number of quaternary nitrogens is 1. The van der Waals surface area contributed by atoms with Crippen LogP contribution in [-0.4, -0.2) is 80.6 Å². The van der Waals surface area contributed by atoms with Gasteiger partial charge < -0.3 is 23.8 Å². The first-order valence-corrected chi connectivity index (χ1v) is 22.5. The molecule has 0 aromatic heterocycles. The van der Waals surface area contributed by atoms with Crippen LogP contribution in [0.3, 0.4) is 0 Å². The maximum Gasteiger partial charge on any atom is 0.362 e. The lowest BCUT2D eigenvalue weighted by Crippen LogP contribution is -2.50. The van der Waals surface area contributed by atoms with Crippen molar-refractivity contribution in [3.05, 3.63) is 36.5 Å². The molecule has 0 bridgehead atoms. The van der Waals surface area contributed by atoms with Crippen molar-refractivity contribution in [2.24, 2.45) is 0 Å². The standard InChI is InChI=1S/C47H85NO7/c1-6-8-10-12-14-16-17-18-19-20-21-22-23-24-25-26-27-28-30-32-34-36-38-46(50)55-43(41-53-40-39-44(47(51)52)48(3,4)5)42-54-45(49)37-35-33-31-29-15-13-11-9-7-2/h9,11,15,23-24,29,43-44H,6-8,10,12-14,16-22,25-28,30-42H2,1-5H3/p+1/b11-9+,24-23+,29-15+. The van der Waals surface area contributed by atoms with E-state index in [-0.39, 0.29) is 36.2 Å². The second-order valence-electron chi connectivity index (χ2n) is 16.3. The van der Waals surface area contributed by atoms with E-state index >= 15 is 0 Å². The fourth-order valence-corrected chi connectivity index (χ4v) is 6.54. The zero-order chi connectivity index (χ0) is 40.7. The van der Waals surface area contributed by atoms with Gasteiger partial charge in [-0.1, -0.05) is 147 Å². The first-order valence-electron chi connectivity index (χ1n) is 22.5. The Morgan fingerprint density at radius 2 is 1.02 bits per heavy atom. The maximum atomic E-state index is 12.7. The number of carboxylic acid groups (broad SMARTS) is 1. The average molecular weight is 777 g/mol. The van der Waals surface area contributed by atoms with Crippen molar-refractivity contribution < 1.29 is 38.2 Å². The van der Waals surface area contributed by atoms with Gasteiger partial charge in [0.05, 0.1) is 34.4 Å². The fourth-order valence-electron chi connectivity index (χ4n) is 6.54. The summed E-state index contributed by atoms with van der Waals surface area (Å²) in [5.41, 5.74) is 0. The van der Waals surface area contributed by atoms with Gasteiger partial charge >= 0.3 is 17.9 Å². The van der Waals surface area contributed by atoms with Gasteiger partial charge in [0, 0.05) is 19.3 Å². The first-order chi connectivity index (χ1) is 26.6.